The Morgan fingerprint density at radius 2 is 1.66 bits per heavy atom. The highest BCUT2D eigenvalue weighted by Gasteiger charge is 2.25. The number of carbonyl (C=O) groups is 2. The highest BCUT2D eigenvalue weighted by atomic mass is 35.5. The molecule has 1 aliphatic rings. The fraction of sp³-hybridized carbons (Fsp3) is 0.333. The molecular weight excluding hydrogens is 415 g/mol. The number of amides is 2. The van der Waals surface area contributed by atoms with E-state index in [1.165, 1.54) is 0 Å². The van der Waals surface area contributed by atoms with E-state index in [0.717, 1.165) is 5.56 Å². The number of rotatable bonds is 5. The van der Waals surface area contributed by atoms with Crippen molar-refractivity contribution in [3.05, 3.63) is 57.6 Å². The molecule has 6 nitrogen and oxygen atoms in total. The Labute approximate surface area is 179 Å². The summed E-state index contributed by atoms with van der Waals surface area (Å²) in [6, 6.07) is 10.2. The van der Waals surface area contributed by atoms with E-state index in [0.29, 0.717) is 53.3 Å². The highest BCUT2D eigenvalue weighted by molar-refractivity contribution is 6.34. The molecule has 1 aliphatic heterocycles. The maximum atomic E-state index is 12.8. The Hall–Kier alpha value is -2.44. The fourth-order valence-electron chi connectivity index (χ4n) is 3.11. The van der Waals surface area contributed by atoms with E-state index in [1.807, 2.05) is 13.0 Å². The summed E-state index contributed by atoms with van der Waals surface area (Å²) < 4.78 is 10.8. The molecule has 2 aromatic carbocycles. The molecule has 3 rings (SSSR count). The van der Waals surface area contributed by atoms with E-state index in [2.05, 4.69) is 0 Å². The zero-order valence-electron chi connectivity index (χ0n) is 16.3. The summed E-state index contributed by atoms with van der Waals surface area (Å²) in [6.45, 7) is 3.59. The van der Waals surface area contributed by atoms with Gasteiger partial charge in [-0.2, -0.15) is 0 Å². The first-order chi connectivity index (χ1) is 13.9. The lowest BCUT2D eigenvalue weighted by atomic mass is 10.1. The topological polar surface area (TPSA) is 59.1 Å². The van der Waals surface area contributed by atoms with Gasteiger partial charge in [0, 0.05) is 42.8 Å². The van der Waals surface area contributed by atoms with Crippen molar-refractivity contribution in [1.29, 1.82) is 0 Å². The van der Waals surface area contributed by atoms with Crippen LogP contribution in [0.4, 0.5) is 0 Å². The molecule has 0 radical (unpaired) electrons. The van der Waals surface area contributed by atoms with Crippen molar-refractivity contribution in [2.45, 2.75) is 6.92 Å². The van der Waals surface area contributed by atoms with Crippen molar-refractivity contribution in [2.75, 3.05) is 39.9 Å². The molecule has 0 aromatic heterocycles. The van der Waals surface area contributed by atoms with Gasteiger partial charge in [0.2, 0.25) is 0 Å². The van der Waals surface area contributed by atoms with Crippen molar-refractivity contribution < 1.29 is 19.1 Å². The van der Waals surface area contributed by atoms with Crippen LogP contribution < -0.4 is 9.47 Å². The first kappa shape index (κ1) is 21.3. The van der Waals surface area contributed by atoms with Gasteiger partial charge in [0.1, 0.15) is 11.5 Å². The van der Waals surface area contributed by atoms with Crippen LogP contribution >= 0.6 is 23.2 Å². The molecule has 29 heavy (non-hydrogen) atoms. The summed E-state index contributed by atoms with van der Waals surface area (Å²) in [5, 5.41) is 0.878. The SMILES string of the molecule is COc1cc(C(=O)N2CCN(C(=O)COc3cc(Cl)ccc3Cl)CC2)ccc1C. The monoisotopic (exact) mass is 436 g/mol. The van der Waals surface area contributed by atoms with Crippen molar-refractivity contribution in [2.24, 2.45) is 0 Å². The van der Waals surface area contributed by atoms with Crippen LogP contribution in [0.3, 0.4) is 0 Å². The number of hydrogen-bond donors (Lipinski definition) is 0. The number of piperazine rings is 1. The highest BCUT2D eigenvalue weighted by Crippen LogP contribution is 2.27. The normalized spacial score (nSPS) is 13.9. The Morgan fingerprint density at radius 1 is 0.966 bits per heavy atom. The van der Waals surface area contributed by atoms with Gasteiger partial charge in [0.25, 0.3) is 11.8 Å². The van der Waals surface area contributed by atoms with Crippen molar-refractivity contribution in [1.82, 2.24) is 9.80 Å². The van der Waals surface area contributed by atoms with Gasteiger partial charge in [-0.3, -0.25) is 9.59 Å². The second-order valence-corrected chi connectivity index (χ2v) is 7.56. The fourth-order valence-corrected chi connectivity index (χ4v) is 3.45. The molecule has 0 spiro atoms. The molecular formula is C21H22Cl2N2O4. The molecule has 1 fully saturated rings. The minimum Gasteiger partial charge on any atom is -0.496 e. The molecule has 154 valence electrons. The zero-order chi connectivity index (χ0) is 21.0. The van der Waals surface area contributed by atoms with Gasteiger partial charge >= 0.3 is 0 Å². The predicted octanol–water partition coefficient (Wildman–Crippen LogP) is 3.67. The summed E-state index contributed by atoms with van der Waals surface area (Å²) in [6.07, 6.45) is 0. The van der Waals surface area contributed by atoms with Crippen LogP contribution in [0.1, 0.15) is 15.9 Å². The number of ether oxygens (including phenoxy) is 2. The number of benzene rings is 2. The molecule has 0 unspecified atom stereocenters. The summed E-state index contributed by atoms with van der Waals surface area (Å²) in [7, 11) is 1.58. The molecule has 1 saturated heterocycles. The molecule has 2 amide bonds. The summed E-state index contributed by atoms with van der Waals surface area (Å²) in [5.74, 6) is 0.818. The molecule has 0 N–H and O–H groups in total. The molecule has 0 atom stereocenters. The van der Waals surface area contributed by atoms with Crippen molar-refractivity contribution in [3.8, 4) is 11.5 Å². The Bertz CT molecular complexity index is 912. The largest absolute Gasteiger partial charge is 0.496 e. The van der Waals surface area contributed by atoms with Crippen LogP contribution in [-0.2, 0) is 4.79 Å². The van der Waals surface area contributed by atoms with E-state index >= 15 is 0 Å². The first-order valence-corrected chi connectivity index (χ1v) is 9.94. The number of nitrogens with zero attached hydrogens (tertiary/aromatic N) is 2. The summed E-state index contributed by atoms with van der Waals surface area (Å²) in [4.78, 5) is 28.6. The van der Waals surface area contributed by atoms with E-state index in [1.54, 1.807) is 47.2 Å². The van der Waals surface area contributed by atoms with Crippen LogP contribution in [0.25, 0.3) is 0 Å². The molecule has 8 heteroatoms. The van der Waals surface area contributed by atoms with Gasteiger partial charge in [0.05, 0.1) is 12.1 Å². The summed E-state index contributed by atoms with van der Waals surface area (Å²) >= 11 is 12.0. The number of methoxy groups -OCH3 is 1. The predicted molar refractivity (Wildman–Crippen MR) is 112 cm³/mol. The van der Waals surface area contributed by atoms with Gasteiger partial charge in [-0.1, -0.05) is 29.3 Å². The van der Waals surface area contributed by atoms with E-state index in [4.69, 9.17) is 32.7 Å². The molecule has 0 bridgehead atoms. The Morgan fingerprint density at radius 3 is 2.34 bits per heavy atom. The van der Waals surface area contributed by atoms with E-state index in [-0.39, 0.29) is 18.4 Å². The quantitative estimate of drug-likeness (QED) is 0.717. The minimum absolute atomic E-state index is 0.0719. The molecule has 0 saturated carbocycles. The maximum Gasteiger partial charge on any atom is 0.260 e. The number of aryl methyl sites for hydroxylation is 1. The maximum absolute atomic E-state index is 12.8. The van der Waals surface area contributed by atoms with Crippen LogP contribution in [0.5, 0.6) is 11.5 Å². The van der Waals surface area contributed by atoms with Crippen LogP contribution in [0.2, 0.25) is 10.0 Å². The lowest BCUT2D eigenvalue weighted by molar-refractivity contribution is -0.134. The zero-order valence-corrected chi connectivity index (χ0v) is 17.8. The van der Waals surface area contributed by atoms with E-state index < -0.39 is 0 Å². The molecule has 1 heterocycles. The van der Waals surface area contributed by atoms with Gasteiger partial charge in [-0.05, 0) is 36.8 Å². The van der Waals surface area contributed by atoms with Crippen LogP contribution in [-0.4, -0.2) is 61.5 Å². The third-order valence-electron chi connectivity index (χ3n) is 4.82. The Kier molecular flexibility index (Phi) is 6.87. The second-order valence-electron chi connectivity index (χ2n) is 6.72. The van der Waals surface area contributed by atoms with Crippen molar-refractivity contribution in [3.63, 3.8) is 0 Å². The van der Waals surface area contributed by atoms with E-state index in [9.17, 15) is 9.59 Å². The second kappa shape index (κ2) is 9.37. The number of hydrogen-bond acceptors (Lipinski definition) is 4. The smallest absolute Gasteiger partial charge is 0.260 e. The average Bonchev–Trinajstić information content (AvgIpc) is 2.74. The van der Waals surface area contributed by atoms with Gasteiger partial charge < -0.3 is 19.3 Å². The third-order valence-corrected chi connectivity index (χ3v) is 5.37. The van der Waals surface area contributed by atoms with Gasteiger partial charge in [0.15, 0.2) is 6.61 Å². The first-order valence-electron chi connectivity index (χ1n) is 9.18. The number of carbonyl (C=O) groups excluding carboxylic acids is 2. The third kappa shape index (κ3) is 5.14. The van der Waals surface area contributed by atoms with Crippen LogP contribution in [0, 0.1) is 6.92 Å². The average molecular weight is 437 g/mol. The lowest BCUT2D eigenvalue weighted by Crippen LogP contribution is -2.51. The number of halogens is 2. The standard InChI is InChI=1S/C21H22Cl2N2O4/c1-14-3-4-15(11-18(14)28-2)21(27)25-9-7-24(8-10-25)20(26)13-29-19-12-16(22)5-6-17(19)23/h3-6,11-12H,7-10,13H2,1-2H3. The van der Waals surface area contributed by atoms with Crippen LogP contribution in [0.15, 0.2) is 36.4 Å². The Balaban J connectivity index is 1.53. The van der Waals surface area contributed by atoms with Gasteiger partial charge in [-0.25, -0.2) is 0 Å². The van der Waals surface area contributed by atoms with Crippen molar-refractivity contribution >= 4 is 35.0 Å². The molecule has 2 aromatic rings. The minimum atomic E-state index is -0.162. The van der Waals surface area contributed by atoms with Gasteiger partial charge in [-0.15, -0.1) is 0 Å². The summed E-state index contributed by atoms with van der Waals surface area (Å²) in [5.41, 5.74) is 1.55. The lowest BCUT2D eigenvalue weighted by Gasteiger charge is -2.34. The molecule has 0 aliphatic carbocycles.